The fourth-order valence-electron chi connectivity index (χ4n) is 0.584. The van der Waals surface area contributed by atoms with Crippen molar-refractivity contribution >= 4 is 12.0 Å². The molecule has 5 nitrogen and oxygen atoms in total. The molecule has 0 amide bonds. The molecule has 0 atom stereocenters. The highest BCUT2D eigenvalue weighted by Gasteiger charge is 2.22. The molecule has 0 aromatic heterocycles. The lowest BCUT2D eigenvalue weighted by Gasteiger charge is -1.95. The Kier molecular flexibility index (Phi) is 1.57. The number of carbonyl (C=O) groups excluding carboxylic acids is 1. The second kappa shape index (κ2) is 2.38. The lowest BCUT2D eigenvalue weighted by atomic mass is 10.2. The molecule has 1 aliphatic heterocycles. The molecule has 0 fully saturated rings. The summed E-state index contributed by atoms with van der Waals surface area (Å²) in [6, 6.07) is 0. The zero-order valence-electron chi connectivity index (χ0n) is 4.98. The van der Waals surface area contributed by atoms with E-state index in [2.05, 4.69) is 4.99 Å². The predicted molar refractivity (Wildman–Crippen MR) is 33.2 cm³/mol. The van der Waals surface area contributed by atoms with Crippen LogP contribution in [0.4, 0.5) is 0 Å². The second-order valence-corrected chi connectivity index (χ2v) is 1.73. The van der Waals surface area contributed by atoms with Crippen molar-refractivity contribution < 1.29 is 9.72 Å². The molecule has 0 aliphatic carbocycles. The van der Waals surface area contributed by atoms with Gasteiger partial charge in [0.25, 0.3) is 0 Å². The van der Waals surface area contributed by atoms with Crippen LogP contribution in [0.3, 0.4) is 0 Å². The SMILES string of the molecule is O=C1CC=NC=C1[N+](=O)[O-]. The van der Waals surface area contributed by atoms with Gasteiger partial charge in [0.2, 0.25) is 5.78 Å². The molecular weight excluding hydrogens is 136 g/mol. The van der Waals surface area contributed by atoms with Crippen LogP contribution in [0, 0.1) is 10.1 Å². The summed E-state index contributed by atoms with van der Waals surface area (Å²) in [5, 5.41) is 10.0. The van der Waals surface area contributed by atoms with Crippen LogP contribution in [0.5, 0.6) is 0 Å². The lowest BCUT2D eigenvalue weighted by molar-refractivity contribution is -0.419. The van der Waals surface area contributed by atoms with Crippen LogP contribution < -0.4 is 0 Å². The number of hydrogen-bond donors (Lipinski definition) is 0. The average molecular weight is 140 g/mol. The minimum atomic E-state index is -0.723. The summed E-state index contributed by atoms with van der Waals surface area (Å²) in [5.41, 5.74) is -0.428. The molecule has 10 heavy (non-hydrogen) atoms. The summed E-state index contributed by atoms with van der Waals surface area (Å²) in [5.74, 6) is -0.486. The van der Waals surface area contributed by atoms with Gasteiger partial charge in [0.1, 0.15) is 6.20 Å². The number of nitro groups is 1. The Labute approximate surface area is 56.2 Å². The molecule has 1 rings (SSSR count). The number of ketones is 1. The average Bonchev–Trinajstić information content (AvgIpc) is 1.88. The molecule has 0 saturated carbocycles. The standard InChI is InChI=1S/C5H4N2O3/c8-5-1-2-6-3-4(5)7(9)10/h2-3H,1H2. The van der Waals surface area contributed by atoms with Gasteiger partial charge in [0, 0.05) is 6.21 Å². The normalized spacial score (nSPS) is 16.8. The summed E-state index contributed by atoms with van der Waals surface area (Å²) >= 11 is 0. The molecule has 0 saturated heterocycles. The van der Waals surface area contributed by atoms with E-state index >= 15 is 0 Å². The Morgan fingerprint density at radius 2 is 2.40 bits per heavy atom. The third kappa shape index (κ3) is 1.07. The number of hydrogen-bond acceptors (Lipinski definition) is 4. The first-order valence-electron chi connectivity index (χ1n) is 2.61. The highest BCUT2D eigenvalue weighted by atomic mass is 16.6. The van der Waals surface area contributed by atoms with Crippen molar-refractivity contribution in [1.29, 1.82) is 0 Å². The van der Waals surface area contributed by atoms with Crippen molar-refractivity contribution in [2.45, 2.75) is 6.42 Å². The lowest BCUT2D eigenvalue weighted by Crippen LogP contribution is -2.13. The maximum absolute atomic E-state index is 10.6. The molecule has 0 spiro atoms. The van der Waals surface area contributed by atoms with E-state index in [9.17, 15) is 14.9 Å². The number of aliphatic imine (C=N–C) groups is 1. The molecule has 5 heteroatoms. The number of carbonyl (C=O) groups is 1. The molecule has 0 radical (unpaired) electrons. The minimum Gasteiger partial charge on any atom is -0.287 e. The van der Waals surface area contributed by atoms with E-state index in [1.165, 1.54) is 6.21 Å². The van der Waals surface area contributed by atoms with Crippen LogP contribution in [-0.2, 0) is 4.79 Å². The van der Waals surface area contributed by atoms with E-state index in [0.717, 1.165) is 6.20 Å². The van der Waals surface area contributed by atoms with E-state index in [1.807, 2.05) is 0 Å². The first kappa shape index (κ1) is 6.60. The van der Waals surface area contributed by atoms with Gasteiger partial charge in [0.05, 0.1) is 11.3 Å². The predicted octanol–water partition coefficient (Wildman–Crippen LogP) is 0.148. The van der Waals surface area contributed by atoms with E-state index in [0.29, 0.717) is 0 Å². The summed E-state index contributed by atoms with van der Waals surface area (Å²) in [4.78, 5) is 23.4. The van der Waals surface area contributed by atoms with Crippen LogP contribution in [-0.4, -0.2) is 16.9 Å². The Hall–Kier alpha value is -1.52. The van der Waals surface area contributed by atoms with Crippen LogP contribution in [0.25, 0.3) is 0 Å². The van der Waals surface area contributed by atoms with Crippen LogP contribution in [0.2, 0.25) is 0 Å². The zero-order chi connectivity index (χ0) is 7.56. The first-order valence-corrected chi connectivity index (χ1v) is 2.61. The molecule has 0 unspecified atom stereocenters. The topological polar surface area (TPSA) is 72.6 Å². The quantitative estimate of drug-likeness (QED) is 0.384. The van der Waals surface area contributed by atoms with Gasteiger partial charge in [-0.1, -0.05) is 0 Å². The van der Waals surface area contributed by atoms with E-state index in [-0.39, 0.29) is 6.42 Å². The molecule has 0 aromatic carbocycles. The second-order valence-electron chi connectivity index (χ2n) is 1.73. The van der Waals surface area contributed by atoms with Gasteiger partial charge in [-0.05, 0) is 0 Å². The van der Waals surface area contributed by atoms with Gasteiger partial charge in [-0.15, -0.1) is 0 Å². The van der Waals surface area contributed by atoms with Gasteiger partial charge in [-0.3, -0.25) is 19.9 Å². The molecule has 0 bridgehead atoms. The smallest absolute Gasteiger partial charge is 0.287 e. The third-order valence-corrected chi connectivity index (χ3v) is 1.06. The maximum Gasteiger partial charge on any atom is 0.330 e. The number of allylic oxidation sites excluding steroid dienone is 1. The van der Waals surface area contributed by atoms with E-state index < -0.39 is 16.4 Å². The largest absolute Gasteiger partial charge is 0.330 e. The van der Waals surface area contributed by atoms with Gasteiger partial charge in [0.15, 0.2) is 0 Å². The van der Waals surface area contributed by atoms with Crippen molar-refractivity contribution in [3.05, 3.63) is 22.0 Å². The fourth-order valence-corrected chi connectivity index (χ4v) is 0.584. The Morgan fingerprint density at radius 3 is 2.80 bits per heavy atom. The summed E-state index contributed by atoms with van der Waals surface area (Å²) < 4.78 is 0. The van der Waals surface area contributed by atoms with Crippen molar-refractivity contribution in [1.82, 2.24) is 0 Å². The first-order chi connectivity index (χ1) is 4.72. The fraction of sp³-hybridized carbons (Fsp3) is 0.200. The van der Waals surface area contributed by atoms with E-state index in [4.69, 9.17) is 0 Å². The molecule has 52 valence electrons. The number of Topliss-reactive ketones (excluding diaryl/α,β-unsaturated/α-hetero) is 1. The Morgan fingerprint density at radius 1 is 1.70 bits per heavy atom. The van der Waals surface area contributed by atoms with Crippen LogP contribution in [0.1, 0.15) is 6.42 Å². The number of nitrogens with zero attached hydrogens (tertiary/aromatic N) is 2. The van der Waals surface area contributed by atoms with Crippen molar-refractivity contribution in [2.24, 2.45) is 4.99 Å². The van der Waals surface area contributed by atoms with Crippen LogP contribution >= 0.6 is 0 Å². The Balaban J connectivity index is 2.91. The monoisotopic (exact) mass is 140 g/mol. The highest BCUT2D eigenvalue weighted by Crippen LogP contribution is 2.04. The number of rotatable bonds is 1. The summed E-state index contributed by atoms with van der Waals surface area (Å²) in [7, 11) is 0. The van der Waals surface area contributed by atoms with Crippen molar-refractivity contribution in [3.8, 4) is 0 Å². The van der Waals surface area contributed by atoms with Gasteiger partial charge >= 0.3 is 5.70 Å². The molecule has 0 aromatic rings. The van der Waals surface area contributed by atoms with Gasteiger partial charge in [-0.25, -0.2) is 0 Å². The molecule has 0 N–H and O–H groups in total. The minimum absolute atomic E-state index is 0.0345. The third-order valence-electron chi connectivity index (χ3n) is 1.06. The summed E-state index contributed by atoms with van der Waals surface area (Å²) in [6.07, 6.45) is 2.34. The molecule has 1 heterocycles. The Bertz CT molecular complexity index is 241. The zero-order valence-corrected chi connectivity index (χ0v) is 4.98. The molecular formula is C5H4N2O3. The van der Waals surface area contributed by atoms with Gasteiger partial charge < -0.3 is 0 Å². The highest BCUT2D eigenvalue weighted by molar-refractivity contribution is 6.03. The van der Waals surface area contributed by atoms with Crippen molar-refractivity contribution in [2.75, 3.05) is 0 Å². The van der Waals surface area contributed by atoms with Crippen molar-refractivity contribution in [3.63, 3.8) is 0 Å². The molecule has 1 aliphatic rings. The van der Waals surface area contributed by atoms with E-state index in [1.54, 1.807) is 0 Å². The maximum atomic E-state index is 10.6. The summed E-state index contributed by atoms with van der Waals surface area (Å²) in [6.45, 7) is 0. The van der Waals surface area contributed by atoms with Crippen LogP contribution in [0.15, 0.2) is 16.9 Å². The van der Waals surface area contributed by atoms with Gasteiger partial charge in [-0.2, -0.15) is 0 Å².